The van der Waals surface area contributed by atoms with E-state index in [1.54, 1.807) is 55.5 Å². The zero-order valence-electron chi connectivity index (χ0n) is 15.6. The van der Waals surface area contributed by atoms with Crippen LogP contribution in [0.5, 0.6) is 5.75 Å². The van der Waals surface area contributed by atoms with E-state index in [2.05, 4.69) is 5.32 Å². The summed E-state index contributed by atoms with van der Waals surface area (Å²) >= 11 is 0. The molecule has 3 aromatic carbocycles. The zero-order chi connectivity index (χ0) is 20.8. The molecule has 0 saturated carbocycles. The molecule has 0 fully saturated rings. The first-order valence-electron chi connectivity index (χ1n) is 8.92. The Hall–Kier alpha value is -4.00. The summed E-state index contributed by atoms with van der Waals surface area (Å²) in [5.74, 6) is -0.337. The van der Waals surface area contributed by atoms with Crippen LogP contribution in [0.15, 0.2) is 72.8 Å². The Morgan fingerprint density at radius 2 is 1.55 bits per heavy atom. The van der Waals surface area contributed by atoms with Gasteiger partial charge in [-0.1, -0.05) is 42.5 Å². The van der Waals surface area contributed by atoms with Crippen molar-refractivity contribution in [2.75, 3.05) is 11.9 Å². The number of amides is 1. The fourth-order valence-corrected chi connectivity index (χ4v) is 2.73. The van der Waals surface area contributed by atoms with Crippen molar-refractivity contribution >= 4 is 23.1 Å². The molecular weight excluding hydrogens is 372 g/mol. The van der Waals surface area contributed by atoms with Gasteiger partial charge in [-0.15, -0.1) is 0 Å². The van der Waals surface area contributed by atoms with Crippen LogP contribution in [0.1, 0.15) is 33.2 Å². The Balaban J connectivity index is 1.77. The Bertz CT molecular complexity index is 1050. The molecule has 0 aliphatic rings. The first-order chi connectivity index (χ1) is 14.0. The van der Waals surface area contributed by atoms with E-state index in [0.717, 1.165) is 0 Å². The number of nitrogens with one attached hydrogen (secondary N) is 1. The summed E-state index contributed by atoms with van der Waals surface area (Å²) < 4.78 is 5.40. The van der Waals surface area contributed by atoms with Crippen LogP contribution in [0.25, 0.3) is 0 Å². The van der Waals surface area contributed by atoms with Gasteiger partial charge in [0.05, 0.1) is 23.3 Å². The van der Waals surface area contributed by atoms with Crippen LogP contribution in [0.3, 0.4) is 0 Å². The number of non-ortho nitro benzene ring substituents is 1. The fourth-order valence-electron chi connectivity index (χ4n) is 2.73. The van der Waals surface area contributed by atoms with Crippen molar-refractivity contribution in [1.82, 2.24) is 0 Å². The molecule has 1 amide bonds. The van der Waals surface area contributed by atoms with Gasteiger partial charge < -0.3 is 10.1 Å². The van der Waals surface area contributed by atoms with Crippen molar-refractivity contribution in [2.45, 2.75) is 6.92 Å². The van der Waals surface area contributed by atoms with Crippen LogP contribution in [-0.4, -0.2) is 23.2 Å². The van der Waals surface area contributed by atoms with Crippen LogP contribution in [0.4, 0.5) is 11.4 Å². The first-order valence-corrected chi connectivity index (χ1v) is 8.92. The van der Waals surface area contributed by atoms with Gasteiger partial charge in [0.25, 0.3) is 11.6 Å². The number of ketones is 1. The van der Waals surface area contributed by atoms with Crippen molar-refractivity contribution in [3.05, 3.63) is 99.6 Å². The van der Waals surface area contributed by atoms with Crippen molar-refractivity contribution in [3.63, 3.8) is 0 Å². The minimum atomic E-state index is -0.531. The SMILES string of the molecule is CCOc1cc([N+](=O)[O-])ccc1NC(=O)c1ccc(C(=O)c2ccccc2)cc1. The number of nitro groups is 1. The summed E-state index contributed by atoms with van der Waals surface area (Å²) in [6, 6.07) is 19.1. The number of nitrogens with zero attached hydrogens (tertiary/aromatic N) is 1. The molecule has 0 unspecified atom stereocenters. The molecule has 0 aromatic heterocycles. The highest BCUT2D eigenvalue weighted by atomic mass is 16.6. The van der Waals surface area contributed by atoms with Crippen LogP contribution in [0.2, 0.25) is 0 Å². The first kappa shape index (κ1) is 19.8. The van der Waals surface area contributed by atoms with E-state index in [1.807, 2.05) is 6.07 Å². The molecule has 0 atom stereocenters. The Kier molecular flexibility index (Phi) is 5.99. The van der Waals surface area contributed by atoms with E-state index in [0.29, 0.717) is 29.0 Å². The lowest BCUT2D eigenvalue weighted by molar-refractivity contribution is -0.384. The molecule has 0 aliphatic carbocycles. The van der Waals surface area contributed by atoms with E-state index in [1.165, 1.54) is 18.2 Å². The van der Waals surface area contributed by atoms with E-state index < -0.39 is 10.8 Å². The van der Waals surface area contributed by atoms with Gasteiger partial charge >= 0.3 is 0 Å². The average Bonchev–Trinajstić information content (AvgIpc) is 2.75. The highest BCUT2D eigenvalue weighted by Crippen LogP contribution is 2.29. The Morgan fingerprint density at radius 1 is 0.931 bits per heavy atom. The van der Waals surface area contributed by atoms with Gasteiger partial charge in [0.2, 0.25) is 0 Å². The van der Waals surface area contributed by atoms with E-state index >= 15 is 0 Å². The van der Waals surface area contributed by atoms with Crippen molar-refractivity contribution < 1.29 is 19.2 Å². The summed E-state index contributed by atoms with van der Waals surface area (Å²) in [6.45, 7) is 2.03. The van der Waals surface area contributed by atoms with Crippen molar-refractivity contribution in [3.8, 4) is 5.75 Å². The molecular formula is C22H18N2O5. The largest absolute Gasteiger partial charge is 0.491 e. The average molecular weight is 390 g/mol. The fraction of sp³-hybridized carbons (Fsp3) is 0.0909. The molecule has 3 aromatic rings. The van der Waals surface area contributed by atoms with Gasteiger partial charge in [-0.05, 0) is 25.1 Å². The number of hydrogen-bond acceptors (Lipinski definition) is 5. The number of ether oxygens (including phenoxy) is 1. The predicted octanol–water partition coefficient (Wildman–Crippen LogP) is 4.48. The van der Waals surface area contributed by atoms with Gasteiger partial charge in [-0.3, -0.25) is 19.7 Å². The number of carbonyl (C=O) groups excluding carboxylic acids is 2. The third-order valence-corrected chi connectivity index (χ3v) is 4.17. The smallest absolute Gasteiger partial charge is 0.273 e. The molecule has 7 nitrogen and oxygen atoms in total. The highest BCUT2D eigenvalue weighted by Gasteiger charge is 2.15. The molecule has 0 radical (unpaired) electrons. The molecule has 146 valence electrons. The number of rotatable bonds is 7. The molecule has 7 heteroatoms. The molecule has 0 bridgehead atoms. The van der Waals surface area contributed by atoms with E-state index in [9.17, 15) is 19.7 Å². The molecule has 3 rings (SSSR count). The summed E-state index contributed by atoms with van der Waals surface area (Å²) in [7, 11) is 0. The minimum Gasteiger partial charge on any atom is -0.491 e. The quantitative estimate of drug-likeness (QED) is 0.364. The van der Waals surface area contributed by atoms with Gasteiger partial charge in [-0.2, -0.15) is 0 Å². The van der Waals surface area contributed by atoms with Gasteiger partial charge in [0.1, 0.15) is 5.75 Å². The molecule has 0 spiro atoms. The number of benzene rings is 3. The monoisotopic (exact) mass is 390 g/mol. The molecule has 29 heavy (non-hydrogen) atoms. The maximum absolute atomic E-state index is 12.6. The summed E-state index contributed by atoms with van der Waals surface area (Å²) in [6.07, 6.45) is 0. The number of carbonyl (C=O) groups is 2. The molecule has 0 aliphatic heterocycles. The number of hydrogen-bond donors (Lipinski definition) is 1. The number of anilines is 1. The molecule has 0 heterocycles. The second-order valence-electron chi connectivity index (χ2n) is 6.10. The highest BCUT2D eigenvalue weighted by molar-refractivity contribution is 6.10. The van der Waals surface area contributed by atoms with E-state index in [4.69, 9.17) is 4.74 Å². The lowest BCUT2D eigenvalue weighted by Gasteiger charge is -2.11. The summed E-state index contributed by atoms with van der Waals surface area (Å²) in [5.41, 5.74) is 1.58. The number of nitro benzene ring substituents is 1. The second-order valence-corrected chi connectivity index (χ2v) is 6.10. The van der Waals surface area contributed by atoms with Gasteiger partial charge in [-0.25, -0.2) is 0 Å². The topological polar surface area (TPSA) is 98.5 Å². The van der Waals surface area contributed by atoms with Crippen LogP contribution in [-0.2, 0) is 0 Å². The van der Waals surface area contributed by atoms with Crippen molar-refractivity contribution in [1.29, 1.82) is 0 Å². The minimum absolute atomic E-state index is 0.129. The normalized spacial score (nSPS) is 10.2. The summed E-state index contributed by atoms with van der Waals surface area (Å²) in [4.78, 5) is 35.4. The maximum Gasteiger partial charge on any atom is 0.273 e. The zero-order valence-corrected chi connectivity index (χ0v) is 15.6. The standard InChI is InChI=1S/C22H18N2O5/c1-2-29-20-14-18(24(27)28)12-13-19(20)23-22(26)17-10-8-16(9-11-17)21(25)15-6-4-3-5-7-15/h3-14H,2H2,1H3,(H,23,26). The second kappa shape index (κ2) is 8.79. The van der Waals surface area contributed by atoms with Crippen LogP contribution >= 0.6 is 0 Å². The van der Waals surface area contributed by atoms with Crippen LogP contribution in [0, 0.1) is 10.1 Å². The van der Waals surface area contributed by atoms with Crippen LogP contribution < -0.4 is 10.1 Å². The summed E-state index contributed by atoms with van der Waals surface area (Å²) in [5, 5.41) is 13.6. The van der Waals surface area contributed by atoms with Crippen molar-refractivity contribution in [2.24, 2.45) is 0 Å². The molecule has 1 N–H and O–H groups in total. The predicted molar refractivity (Wildman–Crippen MR) is 109 cm³/mol. The maximum atomic E-state index is 12.6. The van der Waals surface area contributed by atoms with Gasteiger partial charge in [0, 0.05) is 22.8 Å². The Labute approximate surface area is 167 Å². The molecule has 0 saturated heterocycles. The third-order valence-electron chi connectivity index (χ3n) is 4.17. The lowest BCUT2D eigenvalue weighted by atomic mass is 10.0. The van der Waals surface area contributed by atoms with E-state index in [-0.39, 0.29) is 17.2 Å². The Morgan fingerprint density at radius 3 is 2.17 bits per heavy atom. The third kappa shape index (κ3) is 4.65. The lowest BCUT2D eigenvalue weighted by Crippen LogP contribution is -2.13. The van der Waals surface area contributed by atoms with Gasteiger partial charge in [0.15, 0.2) is 5.78 Å².